The van der Waals surface area contributed by atoms with Crippen molar-refractivity contribution in [3.05, 3.63) is 58.5 Å². The summed E-state index contributed by atoms with van der Waals surface area (Å²) in [6, 6.07) is 9.97. The number of rotatable bonds is 6. The van der Waals surface area contributed by atoms with Crippen molar-refractivity contribution in [2.24, 2.45) is 0 Å². The molecule has 0 atom stereocenters. The van der Waals surface area contributed by atoms with Gasteiger partial charge in [0, 0.05) is 11.3 Å². The number of nitrogens with zero attached hydrogens (tertiary/aromatic N) is 2. The van der Waals surface area contributed by atoms with Crippen molar-refractivity contribution < 1.29 is 14.1 Å². The third kappa shape index (κ3) is 4.89. The number of ether oxygens (including phenoxy) is 1. The molecule has 0 unspecified atom stereocenters. The summed E-state index contributed by atoms with van der Waals surface area (Å²) in [5.74, 6) is 2.28. The van der Waals surface area contributed by atoms with Crippen molar-refractivity contribution in [2.75, 3.05) is 26.0 Å². The smallest absolute Gasteiger partial charge is 0.238 e. The first-order valence-corrected chi connectivity index (χ1v) is 9.92. The monoisotopic (exact) mass is 407 g/mol. The molecule has 0 radical (unpaired) electrons. The van der Waals surface area contributed by atoms with Gasteiger partial charge >= 0.3 is 0 Å². The van der Waals surface area contributed by atoms with Crippen molar-refractivity contribution in [1.82, 2.24) is 10.1 Å². The fourth-order valence-corrected chi connectivity index (χ4v) is 3.64. The topological polar surface area (TPSA) is 67.6 Å². The predicted molar refractivity (Wildman–Crippen MR) is 119 cm³/mol. The summed E-state index contributed by atoms with van der Waals surface area (Å²) in [6.07, 6.45) is 0. The maximum Gasteiger partial charge on any atom is 0.238 e. The van der Waals surface area contributed by atoms with E-state index in [0.29, 0.717) is 6.54 Å². The quantitative estimate of drug-likeness (QED) is 0.610. The number of carbonyl (C=O) groups excluding carboxylic acids is 1. The largest absolute Gasteiger partial charge is 0.457 e. The minimum Gasteiger partial charge on any atom is -0.457 e. The molecule has 1 heterocycles. The van der Waals surface area contributed by atoms with Gasteiger partial charge in [0.1, 0.15) is 17.3 Å². The molecular formula is C24H29N3O3. The molecule has 158 valence electrons. The fraction of sp³-hybridized carbons (Fsp3) is 0.333. The lowest BCUT2D eigenvalue weighted by atomic mass is 10.0. The molecule has 0 fully saturated rings. The van der Waals surface area contributed by atoms with Crippen LogP contribution in [-0.4, -0.2) is 36.6 Å². The number of aryl methyl sites for hydroxylation is 5. The summed E-state index contributed by atoms with van der Waals surface area (Å²) in [6.45, 7) is 10.2. The summed E-state index contributed by atoms with van der Waals surface area (Å²) in [5.41, 5.74) is 6.63. The fourth-order valence-electron chi connectivity index (χ4n) is 3.64. The first kappa shape index (κ1) is 21.6. The summed E-state index contributed by atoms with van der Waals surface area (Å²) in [4.78, 5) is 13.9. The molecule has 1 aromatic heterocycles. The Morgan fingerprint density at radius 1 is 1.03 bits per heavy atom. The number of benzene rings is 2. The Labute approximate surface area is 177 Å². The van der Waals surface area contributed by atoms with E-state index >= 15 is 0 Å². The maximum absolute atomic E-state index is 12.1. The minimum atomic E-state index is -0.0461. The molecule has 0 saturated heterocycles. The zero-order chi connectivity index (χ0) is 22.0. The molecule has 1 N–H and O–H groups in total. The average molecular weight is 408 g/mol. The highest BCUT2D eigenvalue weighted by molar-refractivity contribution is 5.92. The van der Waals surface area contributed by atoms with E-state index in [2.05, 4.69) is 16.5 Å². The Bertz CT molecular complexity index is 1040. The maximum atomic E-state index is 12.1. The van der Waals surface area contributed by atoms with E-state index in [-0.39, 0.29) is 5.91 Å². The number of anilines is 1. The molecule has 6 heteroatoms. The van der Waals surface area contributed by atoms with Crippen LogP contribution in [-0.2, 0) is 4.79 Å². The Kier molecular flexibility index (Phi) is 6.27. The van der Waals surface area contributed by atoms with E-state index in [4.69, 9.17) is 9.26 Å². The number of hydrogen-bond acceptors (Lipinski definition) is 5. The van der Waals surface area contributed by atoms with Crippen LogP contribution in [0.1, 0.15) is 28.1 Å². The van der Waals surface area contributed by atoms with E-state index < -0.39 is 0 Å². The Morgan fingerprint density at radius 3 is 2.27 bits per heavy atom. The third-order valence-corrected chi connectivity index (χ3v) is 4.80. The van der Waals surface area contributed by atoms with Crippen LogP contribution in [0.3, 0.4) is 0 Å². The van der Waals surface area contributed by atoms with Crippen molar-refractivity contribution in [1.29, 1.82) is 0 Å². The van der Waals surface area contributed by atoms with Gasteiger partial charge in [0.2, 0.25) is 5.91 Å². The molecule has 3 rings (SSSR count). The molecule has 0 bridgehead atoms. The molecule has 3 aromatic rings. The summed E-state index contributed by atoms with van der Waals surface area (Å²) < 4.78 is 11.6. The Balaban J connectivity index is 1.89. The van der Waals surface area contributed by atoms with Crippen molar-refractivity contribution >= 4 is 11.6 Å². The lowest BCUT2D eigenvalue weighted by Gasteiger charge is -2.16. The van der Waals surface area contributed by atoms with Crippen molar-refractivity contribution in [3.8, 4) is 22.6 Å². The molecule has 1 amide bonds. The number of likely N-dealkylation sites (N-methyl/N-ethyl adjacent to an activating group) is 1. The van der Waals surface area contributed by atoms with Crippen molar-refractivity contribution in [3.63, 3.8) is 0 Å². The molecule has 0 aliphatic carbocycles. The Hall–Kier alpha value is -3.12. The van der Waals surface area contributed by atoms with E-state index in [1.54, 1.807) is 0 Å². The van der Waals surface area contributed by atoms with Crippen LogP contribution in [0.25, 0.3) is 11.1 Å². The second-order valence-corrected chi connectivity index (χ2v) is 8.06. The first-order chi connectivity index (χ1) is 14.1. The summed E-state index contributed by atoms with van der Waals surface area (Å²) in [5, 5.41) is 7.00. The third-order valence-electron chi connectivity index (χ3n) is 4.80. The van der Waals surface area contributed by atoms with Gasteiger partial charge < -0.3 is 19.5 Å². The van der Waals surface area contributed by atoms with Crippen LogP contribution < -0.4 is 10.1 Å². The normalized spacial score (nSPS) is 11.1. The number of amides is 1. The molecule has 2 aromatic carbocycles. The number of hydrogen-bond donors (Lipinski definition) is 1. The Morgan fingerprint density at radius 2 is 1.70 bits per heavy atom. The van der Waals surface area contributed by atoms with E-state index in [1.807, 2.05) is 77.9 Å². The summed E-state index contributed by atoms with van der Waals surface area (Å²) in [7, 11) is 3.73. The van der Waals surface area contributed by atoms with Crippen molar-refractivity contribution in [2.45, 2.75) is 34.6 Å². The van der Waals surface area contributed by atoms with Gasteiger partial charge in [-0.3, -0.25) is 4.79 Å². The molecule has 0 aliphatic heterocycles. The van der Waals surface area contributed by atoms with Gasteiger partial charge in [-0.2, -0.15) is 0 Å². The average Bonchev–Trinajstić information content (AvgIpc) is 2.95. The molecule has 30 heavy (non-hydrogen) atoms. The highest BCUT2D eigenvalue weighted by atomic mass is 16.5. The SMILES string of the molecule is Cc1cc(Oc2c(C)cc(NC(=O)CN(C)C)cc2C)cc(-c2c(C)noc2C)c1. The van der Waals surface area contributed by atoms with E-state index in [1.165, 1.54) is 0 Å². The minimum absolute atomic E-state index is 0.0461. The van der Waals surface area contributed by atoms with Crippen LogP contribution in [0.5, 0.6) is 11.5 Å². The molecule has 0 spiro atoms. The molecule has 6 nitrogen and oxygen atoms in total. The van der Waals surface area contributed by atoms with Crippen LogP contribution in [0, 0.1) is 34.6 Å². The van der Waals surface area contributed by atoms with Gasteiger partial charge in [-0.15, -0.1) is 0 Å². The van der Waals surface area contributed by atoms with Crippen LogP contribution in [0.4, 0.5) is 5.69 Å². The highest BCUT2D eigenvalue weighted by Gasteiger charge is 2.15. The van der Waals surface area contributed by atoms with Crippen LogP contribution in [0.15, 0.2) is 34.9 Å². The van der Waals surface area contributed by atoms with Gasteiger partial charge in [0.25, 0.3) is 0 Å². The number of carbonyl (C=O) groups is 1. The zero-order valence-corrected chi connectivity index (χ0v) is 18.7. The van der Waals surface area contributed by atoms with E-state index in [9.17, 15) is 4.79 Å². The second kappa shape index (κ2) is 8.71. The van der Waals surface area contributed by atoms with Crippen LogP contribution >= 0.6 is 0 Å². The van der Waals surface area contributed by atoms with Gasteiger partial charge in [0.15, 0.2) is 0 Å². The zero-order valence-electron chi connectivity index (χ0n) is 18.7. The van der Waals surface area contributed by atoms with Gasteiger partial charge in [-0.05, 0) is 95.2 Å². The van der Waals surface area contributed by atoms with Gasteiger partial charge in [0.05, 0.1) is 12.2 Å². The molecular weight excluding hydrogens is 378 g/mol. The number of nitrogens with one attached hydrogen (secondary N) is 1. The lowest BCUT2D eigenvalue weighted by Crippen LogP contribution is -2.27. The second-order valence-electron chi connectivity index (χ2n) is 8.06. The number of aromatic nitrogens is 1. The predicted octanol–water partition coefficient (Wildman–Crippen LogP) is 5.18. The lowest BCUT2D eigenvalue weighted by molar-refractivity contribution is -0.116. The highest BCUT2D eigenvalue weighted by Crippen LogP contribution is 2.35. The van der Waals surface area contributed by atoms with Gasteiger partial charge in [-0.1, -0.05) is 11.2 Å². The molecule has 0 aliphatic rings. The molecule has 0 saturated carbocycles. The standard InChI is InChI=1S/C24H29N3O3/c1-14-8-19(23-17(4)26-30-18(23)5)12-21(9-14)29-24-15(2)10-20(11-16(24)3)25-22(28)13-27(6)7/h8-12H,13H2,1-7H3,(H,25,28). The first-order valence-electron chi connectivity index (χ1n) is 9.92. The van der Waals surface area contributed by atoms with E-state index in [0.717, 1.165) is 56.5 Å². The van der Waals surface area contributed by atoms with Crippen LogP contribution in [0.2, 0.25) is 0 Å². The van der Waals surface area contributed by atoms with Gasteiger partial charge in [-0.25, -0.2) is 0 Å². The summed E-state index contributed by atoms with van der Waals surface area (Å²) >= 11 is 0.